The van der Waals surface area contributed by atoms with Gasteiger partial charge in [0.25, 0.3) is 0 Å². The number of amides is 1. The maximum atomic E-state index is 12.2. The van der Waals surface area contributed by atoms with Gasteiger partial charge in [-0.1, -0.05) is 6.07 Å². The van der Waals surface area contributed by atoms with E-state index in [0.29, 0.717) is 26.3 Å². The minimum atomic E-state index is -0.0123. The van der Waals surface area contributed by atoms with Crippen LogP contribution in [0.3, 0.4) is 0 Å². The number of aromatic nitrogens is 2. The van der Waals surface area contributed by atoms with Gasteiger partial charge in [-0.25, -0.2) is 4.68 Å². The first-order chi connectivity index (χ1) is 10.7. The number of carbonyl (C=O) groups is 1. The monoisotopic (exact) mass is 320 g/mol. The number of rotatable bonds is 5. The molecule has 7 heteroatoms. The lowest BCUT2D eigenvalue weighted by molar-refractivity contribution is -0.119. The highest BCUT2D eigenvalue weighted by Crippen LogP contribution is 2.14. The van der Waals surface area contributed by atoms with E-state index in [4.69, 9.17) is 4.74 Å². The molecule has 0 aliphatic carbocycles. The van der Waals surface area contributed by atoms with Crippen molar-refractivity contribution in [2.45, 2.75) is 19.5 Å². The fraction of sp³-hybridized carbons (Fsp3) is 0.467. The van der Waals surface area contributed by atoms with Gasteiger partial charge in [0.15, 0.2) is 0 Å². The average Bonchev–Trinajstić information content (AvgIpc) is 3.15. The highest BCUT2D eigenvalue weighted by atomic mass is 32.1. The zero-order chi connectivity index (χ0) is 15.4. The summed E-state index contributed by atoms with van der Waals surface area (Å²) in [6.45, 7) is 5.30. The molecule has 0 aromatic carbocycles. The molecule has 0 spiro atoms. The molecule has 2 aromatic heterocycles. The van der Waals surface area contributed by atoms with Gasteiger partial charge in [0, 0.05) is 23.5 Å². The fourth-order valence-corrected chi connectivity index (χ4v) is 3.16. The first kappa shape index (κ1) is 15.2. The molecule has 3 heterocycles. The van der Waals surface area contributed by atoms with Crippen molar-refractivity contribution in [2.75, 3.05) is 31.6 Å². The van der Waals surface area contributed by atoms with E-state index >= 15 is 0 Å². The molecule has 1 N–H and O–H groups in total. The van der Waals surface area contributed by atoms with Crippen LogP contribution in [0.4, 0.5) is 5.82 Å². The molecule has 3 rings (SSSR count). The maximum Gasteiger partial charge on any atom is 0.239 e. The zero-order valence-electron chi connectivity index (χ0n) is 12.6. The molecule has 1 fully saturated rings. The maximum absolute atomic E-state index is 12.2. The van der Waals surface area contributed by atoms with Crippen molar-refractivity contribution in [3.05, 3.63) is 34.7 Å². The third kappa shape index (κ3) is 3.73. The molecule has 1 atom stereocenters. The molecule has 1 amide bonds. The molecule has 118 valence electrons. The highest BCUT2D eigenvalue weighted by molar-refractivity contribution is 7.09. The third-order valence-electron chi connectivity index (χ3n) is 3.72. The Balaban J connectivity index is 1.58. The quantitative estimate of drug-likeness (QED) is 0.910. The van der Waals surface area contributed by atoms with E-state index in [-0.39, 0.29) is 11.9 Å². The van der Waals surface area contributed by atoms with Crippen molar-refractivity contribution in [1.82, 2.24) is 14.7 Å². The van der Waals surface area contributed by atoms with Crippen molar-refractivity contribution in [3.63, 3.8) is 0 Å². The van der Waals surface area contributed by atoms with Crippen LogP contribution in [0.5, 0.6) is 0 Å². The molecule has 0 unspecified atom stereocenters. The van der Waals surface area contributed by atoms with Gasteiger partial charge in [-0.2, -0.15) is 5.10 Å². The standard InChI is InChI=1S/C15H20N4O2S/c1-12-11-21-7-6-18(12)10-15(20)17-14-4-5-16-19(14)9-13-3-2-8-22-13/h2-5,8,12H,6-7,9-11H2,1H3,(H,17,20)/t12-/m1/s1. The number of nitrogens with one attached hydrogen (secondary N) is 1. The lowest BCUT2D eigenvalue weighted by Gasteiger charge is -2.32. The van der Waals surface area contributed by atoms with Gasteiger partial charge in [0.2, 0.25) is 5.91 Å². The van der Waals surface area contributed by atoms with Crippen LogP contribution >= 0.6 is 11.3 Å². The van der Waals surface area contributed by atoms with E-state index in [1.165, 1.54) is 4.88 Å². The summed E-state index contributed by atoms with van der Waals surface area (Å²) < 4.78 is 7.20. The topological polar surface area (TPSA) is 59.4 Å². The zero-order valence-corrected chi connectivity index (χ0v) is 13.4. The predicted molar refractivity (Wildman–Crippen MR) is 86.1 cm³/mol. The second kappa shape index (κ2) is 7.04. The van der Waals surface area contributed by atoms with E-state index < -0.39 is 0 Å². The highest BCUT2D eigenvalue weighted by Gasteiger charge is 2.21. The van der Waals surface area contributed by atoms with E-state index in [1.54, 1.807) is 17.5 Å². The molecule has 0 saturated carbocycles. The van der Waals surface area contributed by atoms with Crippen molar-refractivity contribution >= 4 is 23.1 Å². The SMILES string of the molecule is C[C@@H]1COCCN1CC(=O)Nc1ccnn1Cc1cccs1. The molecule has 1 aliphatic rings. The van der Waals surface area contributed by atoms with Gasteiger partial charge in [0.1, 0.15) is 5.82 Å². The smallest absolute Gasteiger partial charge is 0.239 e. The van der Waals surface area contributed by atoms with Crippen LogP contribution < -0.4 is 5.32 Å². The van der Waals surface area contributed by atoms with Crippen LogP contribution in [0, 0.1) is 0 Å². The molecular weight excluding hydrogens is 300 g/mol. The summed E-state index contributed by atoms with van der Waals surface area (Å²) in [5, 5.41) is 9.27. The Morgan fingerprint density at radius 2 is 2.45 bits per heavy atom. The molecule has 1 aliphatic heterocycles. The Labute approximate surface area is 133 Å². The summed E-state index contributed by atoms with van der Waals surface area (Å²) >= 11 is 1.68. The number of hydrogen-bond acceptors (Lipinski definition) is 5. The van der Waals surface area contributed by atoms with Crippen LogP contribution in [0.1, 0.15) is 11.8 Å². The van der Waals surface area contributed by atoms with Gasteiger partial charge in [-0.15, -0.1) is 11.3 Å². The van der Waals surface area contributed by atoms with Gasteiger partial charge in [-0.05, 0) is 18.4 Å². The Bertz CT molecular complexity index is 611. The minimum Gasteiger partial charge on any atom is -0.379 e. The Hall–Kier alpha value is -1.70. The van der Waals surface area contributed by atoms with E-state index in [0.717, 1.165) is 12.4 Å². The Morgan fingerprint density at radius 3 is 3.23 bits per heavy atom. The Morgan fingerprint density at radius 1 is 1.55 bits per heavy atom. The van der Waals surface area contributed by atoms with E-state index in [9.17, 15) is 4.79 Å². The van der Waals surface area contributed by atoms with Crippen LogP contribution in [-0.2, 0) is 16.1 Å². The number of hydrogen-bond donors (Lipinski definition) is 1. The molecule has 0 bridgehead atoms. The van der Waals surface area contributed by atoms with Crippen molar-refractivity contribution in [1.29, 1.82) is 0 Å². The number of anilines is 1. The van der Waals surface area contributed by atoms with Crippen LogP contribution in [-0.4, -0.2) is 52.9 Å². The Kier molecular flexibility index (Phi) is 4.87. The molecule has 0 radical (unpaired) electrons. The summed E-state index contributed by atoms with van der Waals surface area (Å²) in [6, 6.07) is 6.18. The lowest BCUT2D eigenvalue weighted by atomic mass is 10.2. The summed E-state index contributed by atoms with van der Waals surface area (Å²) in [4.78, 5) is 15.6. The number of nitrogens with zero attached hydrogens (tertiary/aromatic N) is 3. The number of ether oxygens (including phenoxy) is 1. The van der Waals surface area contributed by atoms with Gasteiger partial charge in [-0.3, -0.25) is 9.69 Å². The normalized spacial score (nSPS) is 19.2. The second-order valence-corrected chi connectivity index (χ2v) is 6.43. The van der Waals surface area contributed by atoms with Gasteiger partial charge < -0.3 is 10.1 Å². The van der Waals surface area contributed by atoms with Crippen LogP contribution in [0.2, 0.25) is 0 Å². The largest absolute Gasteiger partial charge is 0.379 e. The third-order valence-corrected chi connectivity index (χ3v) is 4.58. The van der Waals surface area contributed by atoms with E-state index in [2.05, 4.69) is 28.3 Å². The lowest BCUT2D eigenvalue weighted by Crippen LogP contribution is -2.47. The molecule has 6 nitrogen and oxygen atoms in total. The number of morpholine rings is 1. The van der Waals surface area contributed by atoms with E-state index in [1.807, 2.05) is 22.2 Å². The summed E-state index contributed by atoms with van der Waals surface area (Å²) in [7, 11) is 0. The molecule has 22 heavy (non-hydrogen) atoms. The van der Waals surface area contributed by atoms with Crippen molar-refractivity contribution < 1.29 is 9.53 Å². The molecule has 1 saturated heterocycles. The second-order valence-electron chi connectivity index (χ2n) is 5.40. The minimum absolute atomic E-state index is 0.0123. The van der Waals surface area contributed by atoms with Gasteiger partial charge >= 0.3 is 0 Å². The molecule has 2 aromatic rings. The van der Waals surface area contributed by atoms with Crippen LogP contribution in [0.15, 0.2) is 29.8 Å². The first-order valence-corrected chi connectivity index (χ1v) is 8.26. The fourth-order valence-electron chi connectivity index (χ4n) is 2.48. The number of thiophene rings is 1. The summed E-state index contributed by atoms with van der Waals surface area (Å²) in [5.41, 5.74) is 0. The van der Waals surface area contributed by atoms with Crippen molar-refractivity contribution in [3.8, 4) is 0 Å². The van der Waals surface area contributed by atoms with Crippen molar-refractivity contribution in [2.24, 2.45) is 0 Å². The summed E-state index contributed by atoms with van der Waals surface area (Å²) in [5.74, 6) is 0.723. The number of carbonyl (C=O) groups excluding carboxylic acids is 1. The first-order valence-electron chi connectivity index (χ1n) is 7.38. The van der Waals surface area contributed by atoms with Gasteiger partial charge in [0.05, 0.1) is 32.5 Å². The summed E-state index contributed by atoms with van der Waals surface area (Å²) in [6.07, 6.45) is 1.71. The average molecular weight is 320 g/mol. The predicted octanol–water partition coefficient (Wildman–Crippen LogP) is 1.65. The van der Waals surface area contributed by atoms with Crippen LogP contribution in [0.25, 0.3) is 0 Å². The molecular formula is C15H20N4O2S.